The van der Waals surface area contributed by atoms with Crippen LogP contribution in [0.5, 0.6) is 5.75 Å². The zero-order valence-corrected chi connectivity index (χ0v) is 11.6. The lowest BCUT2D eigenvalue weighted by atomic mass is 10.2. The molecule has 1 aromatic rings. The van der Waals surface area contributed by atoms with Gasteiger partial charge in [-0.15, -0.1) is 0 Å². The number of nitrogens with zero attached hydrogens (tertiary/aromatic N) is 1. The molecule has 7 nitrogen and oxygen atoms in total. The van der Waals surface area contributed by atoms with Crippen molar-refractivity contribution in [3.8, 4) is 5.75 Å². The van der Waals surface area contributed by atoms with Crippen molar-refractivity contribution >= 4 is 27.3 Å². The van der Waals surface area contributed by atoms with Crippen LogP contribution in [0, 0.1) is 16.0 Å². The van der Waals surface area contributed by atoms with Crippen LogP contribution in [0.25, 0.3) is 0 Å². The molecule has 1 atom stereocenters. The van der Waals surface area contributed by atoms with Crippen molar-refractivity contribution in [2.24, 2.45) is 11.1 Å². The van der Waals surface area contributed by atoms with E-state index in [1.54, 1.807) is 6.92 Å². The number of hydrogen-bond donors (Lipinski definition) is 1. The van der Waals surface area contributed by atoms with Gasteiger partial charge < -0.3 is 4.74 Å². The first kappa shape index (κ1) is 15.7. The summed E-state index contributed by atoms with van der Waals surface area (Å²) in [4.78, 5) is 10.2. The summed E-state index contributed by atoms with van der Waals surface area (Å²) in [5.74, 6) is -0.659. The molecule has 1 unspecified atom stereocenters. The number of halogens is 1. The third-order valence-electron chi connectivity index (χ3n) is 2.16. The second-order valence-electron chi connectivity index (χ2n) is 4.11. The predicted molar refractivity (Wildman–Crippen MR) is 70.7 cm³/mol. The summed E-state index contributed by atoms with van der Waals surface area (Å²) in [7, 11) is -3.60. The third-order valence-corrected chi connectivity index (χ3v) is 3.43. The molecular weight excluding hydrogens is 296 g/mol. The predicted octanol–water partition coefficient (Wildman–Crippen LogP) is 1.55. The Hall–Kier alpha value is -1.38. The van der Waals surface area contributed by atoms with E-state index < -0.39 is 20.9 Å². The molecule has 0 saturated heterocycles. The van der Waals surface area contributed by atoms with E-state index in [1.807, 2.05) is 0 Å². The van der Waals surface area contributed by atoms with E-state index in [0.717, 1.165) is 0 Å². The smallest absolute Gasteiger partial charge is 0.311 e. The number of primary sulfonamides is 1. The quantitative estimate of drug-likeness (QED) is 0.633. The van der Waals surface area contributed by atoms with Crippen LogP contribution in [-0.4, -0.2) is 25.7 Å². The van der Waals surface area contributed by atoms with Crippen molar-refractivity contribution in [2.75, 3.05) is 12.4 Å². The minimum atomic E-state index is -3.60. The highest BCUT2D eigenvalue weighted by Crippen LogP contribution is 2.30. The van der Waals surface area contributed by atoms with Gasteiger partial charge in [-0.3, -0.25) is 10.1 Å². The lowest BCUT2D eigenvalue weighted by Gasteiger charge is -2.12. The van der Waals surface area contributed by atoms with Crippen molar-refractivity contribution in [3.05, 3.63) is 33.3 Å². The van der Waals surface area contributed by atoms with Crippen LogP contribution in [0.3, 0.4) is 0 Å². The maximum atomic E-state index is 10.9. The number of nitro benzene ring substituents is 1. The van der Waals surface area contributed by atoms with Crippen molar-refractivity contribution < 1.29 is 18.1 Å². The minimum absolute atomic E-state index is 0.00114. The minimum Gasteiger partial charge on any atom is -0.486 e. The van der Waals surface area contributed by atoms with Gasteiger partial charge >= 0.3 is 5.69 Å². The van der Waals surface area contributed by atoms with Gasteiger partial charge in [0.15, 0.2) is 5.75 Å². The Morgan fingerprint density at radius 2 is 2.16 bits per heavy atom. The van der Waals surface area contributed by atoms with Gasteiger partial charge in [0.25, 0.3) is 0 Å². The summed E-state index contributed by atoms with van der Waals surface area (Å²) in [6, 6.07) is 3.91. The Morgan fingerprint density at radius 1 is 1.53 bits per heavy atom. The summed E-state index contributed by atoms with van der Waals surface area (Å²) >= 11 is 5.72. The van der Waals surface area contributed by atoms with E-state index in [1.165, 1.54) is 18.2 Å². The molecule has 0 amide bonds. The Balaban J connectivity index is 2.77. The second kappa shape index (κ2) is 6.18. The maximum Gasteiger partial charge on any atom is 0.311 e. The van der Waals surface area contributed by atoms with Gasteiger partial charge in [-0.05, 0) is 6.07 Å². The number of rotatable bonds is 6. The second-order valence-corrected chi connectivity index (χ2v) is 6.21. The van der Waals surface area contributed by atoms with Crippen LogP contribution in [0.15, 0.2) is 18.2 Å². The number of nitro groups is 1. The van der Waals surface area contributed by atoms with Gasteiger partial charge in [-0.2, -0.15) is 0 Å². The van der Waals surface area contributed by atoms with Crippen LogP contribution in [-0.2, 0) is 10.0 Å². The molecule has 0 aliphatic heterocycles. The molecular formula is C10H13ClN2O5S. The highest BCUT2D eigenvalue weighted by atomic mass is 35.5. The summed E-state index contributed by atoms with van der Waals surface area (Å²) in [5.41, 5.74) is -0.229. The Kier molecular flexibility index (Phi) is 5.10. The van der Waals surface area contributed by atoms with E-state index in [4.69, 9.17) is 21.5 Å². The molecule has 0 spiro atoms. The van der Waals surface area contributed by atoms with Crippen LogP contribution < -0.4 is 9.88 Å². The van der Waals surface area contributed by atoms with Gasteiger partial charge in [0.05, 0.1) is 17.3 Å². The van der Waals surface area contributed by atoms with E-state index in [-0.39, 0.29) is 23.8 Å². The largest absolute Gasteiger partial charge is 0.486 e. The molecule has 0 aliphatic rings. The Labute approximate surface area is 115 Å². The SMILES string of the molecule is CC(COc1cc(Cl)ccc1[N+](=O)[O-])CS(N)(=O)=O. The number of hydrogen-bond acceptors (Lipinski definition) is 5. The molecule has 0 fully saturated rings. The summed E-state index contributed by atoms with van der Waals surface area (Å²) in [6.07, 6.45) is 0. The molecule has 0 heterocycles. The maximum absolute atomic E-state index is 10.9. The first-order valence-corrected chi connectivity index (χ1v) is 7.35. The first-order valence-electron chi connectivity index (χ1n) is 5.26. The Bertz CT molecular complexity index is 575. The summed E-state index contributed by atoms with van der Waals surface area (Å²) in [6.45, 7) is 1.60. The highest BCUT2D eigenvalue weighted by Gasteiger charge is 2.18. The van der Waals surface area contributed by atoms with Gasteiger partial charge in [0, 0.05) is 23.1 Å². The number of nitrogens with two attached hydrogens (primary N) is 1. The number of benzene rings is 1. The van der Waals surface area contributed by atoms with Crippen LogP contribution in [0.2, 0.25) is 5.02 Å². The van der Waals surface area contributed by atoms with Crippen LogP contribution >= 0.6 is 11.6 Å². The van der Waals surface area contributed by atoms with Crippen LogP contribution in [0.4, 0.5) is 5.69 Å². The molecule has 0 radical (unpaired) electrons. The molecule has 0 aromatic heterocycles. The average Bonchev–Trinajstić information content (AvgIpc) is 2.23. The molecule has 9 heteroatoms. The van der Waals surface area contributed by atoms with Gasteiger partial charge in [-0.1, -0.05) is 18.5 Å². The standard InChI is InChI=1S/C10H13ClN2O5S/c1-7(6-19(12,16)17)5-18-10-4-8(11)2-3-9(10)13(14)15/h2-4,7H,5-6H2,1H3,(H2,12,16,17). The van der Waals surface area contributed by atoms with E-state index >= 15 is 0 Å². The number of ether oxygens (including phenoxy) is 1. The molecule has 0 aliphatic carbocycles. The third kappa shape index (κ3) is 5.41. The zero-order chi connectivity index (χ0) is 14.6. The van der Waals surface area contributed by atoms with Gasteiger partial charge in [0.2, 0.25) is 10.0 Å². The highest BCUT2D eigenvalue weighted by molar-refractivity contribution is 7.89. The molecule has 1 aromatic carbocycles. The average molecular weight is 309 g/mol. The zero-order valence-electron chi connectivity index (χ0n) is 10.1. The molecule has 0 saturated carbocycles. The van der Waals surface area contributed by atoms with Crippen molar-refractivity contribution in [2.45, 2.75) is 6.92 Å². The van der Waals surface area contributed by atoms with Gasteiger partial charge in [0.1, 0.15) is 0 Å². The van der Waals surface area contributed by atoms with Crippen LogP contribution in [0.1, 0.15) is 6.92 Å². The lowest BCUT2D eigenvalue weighted by Crippen LogP contribution is -2.25. The van der Waals surface area contributed by atoms with Crippen molar-refractivity contribution in [1.82, 2.24) is 0 Å². The molecule has 1 rings (SSSR count). The molecule has 0 bridgehead atoms. The van der Waals surface area contributed by atoms with Crippen molar-refractivity contribution in [3.63, 3.8) is 0 Å². The topological polar surface area (TPSA) is 113 Å². The fraction of sp³-hybridized carbons (Fsp3) is 0.400. The number of sulfonamides is 1. The molecule has 19 heavy (non-hydrogen) atoms. The summed E-state index contributed by atoms with van der Waals surface area (Å²) < 4.78 is 27.0. The van der Waals surface area contributed by atoms with Crippen molar-refractivity contribution in [1.29, 1.82) is 0 Å². The lowest BCUT2D eigenvalue weighted by molar-refractivity contribution is -0.385. The summed E-state index contributed by atoms with van der Waals surface area (Å²) in [5, 5.41) is 16.0. The molecule has 2 N–H and O–H groups in total. The normalized spacial score (nSPS) is 13.0. The monoisotopic (exact) mass is 308 g/mol. The van der Waals surface area contributed by atoms with E-state index in [9.17, 15) is 18.5 Å². The molecule has 106 valence electrons. The van der Waals surface area contributed by atoms with E-state index in [0.29, 0.717) is 5.02 Å². The van der Waals surface area contributed by atoms with E-state index in [2.05, 4.69) is 0 Å². The first-order chi connectivity index (χ1) is 8.69. The fourth-order valence-corrected chi connectivity index (χ4v) is 2.48. The Morgan fingerprint density at radius 3 is 2.68 bits per heavy atom. The van der Waals surface area contributed by atoms with Gasteiger partial charge in [-0.25, -0.2) is 13.6 Å². The fourth-order valence-electron chi connectivity index (χ4n) is 1.43.